The van der Waals surface area contributed by atoms with Gasteiger partial charge in [-0.15, -0.1) is 0 Å². The fraction of sp³-hybridized carbons (Fsp3) is 0.467. The highest BCUT2D eigenvalue weighted by Gasteiger charge is 2.33. The van der Waals surface area contributed by atoms with Gasteiger partial charge in [-0.05, 0) is 19.9 Å². The van der Waals surface area contributed by atoms with Crippen molar-refractivity contribution < 1.29 is 13.2 Å². The molecule has 8 nitrogen and oxygen atoms in total. The summed E-state index contributed by atoms with van der Waals surface area (Å²) in [5, 5.41) is 6.68. The van der Waals surface area contributed by atoms with Gasteiger partial charge in [-0.25, -0.2) is 8.42 Å². The van der Waals surface area contributed by atoms with E-state index in [1.165, 1.54) is 4.31 Å². The quantitative estimate of drug-likeness (QED) is 0.872. The van der Waals surface area contributed by atoms with E-state index in [0.29, 0.717) is 30.0 Å². The monoisotopic (exact) mass is 351 g/mol. The number of nitrogens with zero attached hydrogens (tertiary/aromatic N) is 4. The third-order valence-electron chi connectivity index (χ3n) is 4.26. The fourth-order valence-corrected chi connectivity index (χ4v) is 4.75. The van der Waals surface area contributed by atoms with E-state index < -0.39 is 10.0 Å². The Bertz CT molecular complexity index is 840. The fourth-order valence-electron chi connectivity index (χ4n) is 2.99. The van der Waals surface area contributed by atoms with Gasteiger partial charge in [-0.3, -0.25) is 9.89 Å². The van der Waals surface area contributed by atoms with Gasteiger partial charge in [0, 0.05) is 45.6 Å². The number of amides is 1. The molecule has 0 bridgehead atoms. The van der Waals surface area contributed by atoms with Crippen LogP contribution in [-0.2, 0) is 17.1 Å². The molecule has 0 unspecified atom stereocenters. The molecule has 0 radical (unpaired) electrons. The summed E-state index contributed by atoms with van der Waals surface area (Å²) >= 11 is 0. The molecule has 1 fully saturated rings. The van der Waals surface area contributed by atoms with E-state index in [1.54, 1.807) is 31.0 Å². The smallest absolute Gasteiger partial charge is 0.255 e. The number of rotatable bonds is 3. The minimum Gasteiger partial charge on any atom is -0.356 e. The van der Waals surface area contributed by atoms with Crippen molar-refractivity contribution in [2.24, 2.45) is 7.05 Å². The third-order valence-corrected chi connectivity index (χ3v) is 6.43. The zero-order valence-electron chi connectivity index (χ0n) is 14.0. The lowest BCUT2D eigenvalue weighted by atomic mass is 10.2. The van der Waals surface area contributed by atoms with Crippen molar-refractivity contribution >= 4 is 15.9 Å². The Labute approximate surface area is 141 Å². The Morgan fingerprint density at radius 2 is 1.88 bits per heavy atom. The van der Waals surface area contributed by atoms with Crippen LogP contribution in [0.25, 0.3) is 0 Å². The lowest BCUT2D eigenvalue weighted by Gasteiger charge is -2.33. The van der Waals surface area contributed by atoms with Crippen molar-refractivity contribution in [3.8, 4) is 0 Å². The summed E-state index contributed by atoms with van der Waals surface area (Å²) in [6.07, 6.45) is 3.59. The number of sulfonamides is 1. The van der Waals surface area contributed by atoms with Crippen LogP contribution in [0.15, 0.2) is 23.4 Å². The van der Waals surface area contributed by atoms with Crippen LogP contribution in [0.5, 0.6) is 0 Å². The first-order chi connectivity index (χ1) is 11.3. The molecule has 130 valence electrons. The maximum Gasteiger partial charge on any atom is 0.255 e. The summed E-state index contributed by atoms with van der Waals surface area (Å²) in [4.78, 5) is 14.4. The number of carbonyl (C=O) groups excluding carboxylic acids is 1. The summed E-state index contributed by atoms with van der Waals surface area (Å²) in [5.74, 6) is -0.0664. The predicted octanol–water partition coefficient (Wildman–Crippen LogP) is 0.512. The molecule has 1 N–H and O–H groups in total. The Kier molecular flexibility index (Phi) is 4.22. The standard InChI is InChI=1S/C15H21N5O3S/c1-11-14(12(2)17-16-11)24(22,23)20-8-6-19(7-9-20)15(21)13-4-5-18(3)10-13/h4-5,10H,6-9H2,1-3H3,(H,16,17). The second kappa shape index (κ2) is 6.06. The van der Waals surface area contributed by atoms with Gasteiger partial charge in [0.2, 0.25) is 10.0 Å². The summed E-state index contributed by atoms with van der Waals surface area (Å²) in [6.45, 7) is 4.69. The van der Waals surface area contributed by atoms with Crippen molar-refractivity contribution in [3.05, 3.63) is 35.4 Å². The number of aryl methyl sites for hydroxylation is 3. The summed E-state index contributed by atoms with van der Waals surface area (Å²) in [7, 11) is -1.73. The molecule has 2 aromatic heterocycles. The molecule has 0 spiro atoms. The van der Waals surface area contributed by atoms with Gasteiger partial charge >= 0.3 is 0 Å². The number of nitrogens with one attached hydrogen (secondary N) is 1. The molecular weight excluding hydrogens is 330 g/mol. The largest absolute Gasteiger partial charge is 0.356 e. The molecule has 3 rings (SSSR count). The van der Waals surface area contributed by atoms with Crippen LogP contribution in [0.1, 0.15) is 21.7 Å². The highest BCUT2D eigenvalue weighted by atomic mass is 32.2. The highest BCUT2D eigenvalue weighted by Crippen LogP contribution is 2.23. The maximum absolute atomic E-state index is 12.8. The molecule has 1 amide bonds. The Morgan fingerprint density at radius 3 is 2.38 bits per heavy atom. The predicted molar refractivity (Wildman–Crippen MR) is 88.1 cm³/mol. The van der Waals surface area contributed by atoms with Crippen molar-refractivity contribution in [2.45, 2.75) is 18.7 Å². The normalized spacial score (nSPS) is 16.5. The van der Waals surface area contributed by atoms with Gasteiger partial charge in [0.05, 0.1) is 17.0 Å². The van der Waals surface area contributed by atoms with Crippen LogP contribution in [0.2, 0.25) is 0 Å². The number of aromatic amines is 1. The van der Waals surface area contributed by atoms with Crippen LogP contribution in [0.3, 0.4) is 0 Å². The third kappa shape index (κ3) is 2.84. The van der Waals surface area contributed by atoms with Gasteiger partial charge in [-0.1, -0.05) is 0 Å². The molecule has 1 aliphatic heterocycles. The molecular formula is C15H21N5O3S. The number of hydrogen-bond acceptors (Lipinski definition) is 4. The van der Waals surface area contributed by atoms with E-state index in [0.717, 1.165) is 0 Å². The van der Waals surface area contributed by atoms with Crippen LogP contribution in [0.4, 0.5) is 0 Å². The Balaban J connectivity index is 1.72. The number of hydrogen-bond donors (Lipinski definition) is 1. The highest BCUT2D eigenvalue weighted by molar-refractivity contribution is 7.89. The van der Waals surface area contributed by atoms with Gasteiger partial charge < -0.3 is 9.47 Å². The zero-order chi connectivity index (χ0) is 17.5. The minimum absolute atomic E-state index is 0.0664. The number of aromatic nitrogens is 3. The molecule has 1 aliphatic rings. The summed E-state index contributed by atoms with van der Waals surface area (Å²) in [6, 6.07) is 1.77. The van der Waals surface area contributed by atoms with Gasteiger partial charge in [0.1, 0.15) is 4.90 Å². The minimum atomic E-state index is -3.59. The molecule has 1 saturated heterocycles. The van der Waals surface area contributed by atoms with Crippen LogP contribution < -0.4 is 0 Å². The topological polar surface area (TPSA) is 91.3 Å². The summed E-state index contributed by atoms with van der Waals surface area (Å²) in [5.41, 5.74) is 1.63. The lowest BCUT2D eigenvalue weighted by Crippen LogP contribution is -2.50. The Morgan fingerprint density at radius 1 is 1.21 bits per heavy atom. The van der Waals surface area contributed by atoms with Crippen LogP contribution in [0, 0.1) is 13.8 Å². The first-order valence-electron chi connectivity index (χ1n) is 7.73. The van der Waals surface area contributed by atoms with Gasteiger partial charge in [0.15, 0.2) is 0 Å². The van der Waals surface area contributed by atoms with Gasteiger partial charge in [0.25, 0.3) is 5.91 Å². The lowest BCUT2D eigenvalue weighted by molar-refractivity contribution is 0.0698. The molecule has 0 atom stereocenters. The van der Waals surface area contributed by atoms with Crippen molar-refractivity contribution in [2.75, 3.05) is 26.2 Å². The van der Waals surface area contributed by atoms with E-state index in [2.05, 4.69) is 10.2 Å². The second-order valence-electron chi connectivity index (χ2n) is 6.03. The number of carbonyl (C=O) groups is 1. The summed E-state index contributed by atoms with van der Waals surface area (Å²) < 4.78 is 28.8. The average molecular weight is 351 g/mol. The molecule has 0 saturated carbocycles. The van der Waals surface area contributed by atoms with E-state index in [9.17, 15) is 13.2 Å². The second-order valence-corrected chi connectivity index (χ2v) is 7.90. The first kappa shape index (κ1) is 16.7. The van der Waals surface area contributed by atoms with Crippen molar-refractivity contribution in [1.82, 2.24) is 24.0 Å². The van der Waals surface area contributed by atoms with Gasteiger partial charge in [-0.2, -0.15) is 9.40 Å². The van der Waals surface area contributed by atoms with Crippen molar-refractivity contribution in [1.29, 1.82) is 0 Å². The first-order valence-corrected chi connectivity index (χ1v) is 9.17. The molecule has 0 aromatic carbocycles. The molecule has 2 aromatic rings. The van der Waals surface area contributed by atoms with E-state index in [-0.39, 0.29) is 23.9 Å². The van der Waals surface area contributed by atoms with Crippen molar-refractivity contribution in [3.63, 3.8) is 0 Å². The van der Waals surface area contributed by atoms with E-state index in [1.807, 2.05) is 17.8 Å². The van der Waals surface area contributed by atoms with E-state index >= 15 is 0 Å². The van der Waals surface area contributed by atoms with Crippen LogP contribution >= 0.6 is 0 Å². The van der Waals surface area contributed by atoms with Crippen LogP contribution in [-0.4, -0.2) is 64.5 Å². The number of piperazine rings is 1. The molecule has 0 aliphatic carbocycles. The maximum atomic E-state index is 12.8. The SMILES string of the molecule is Cc1n[nH]c(C)c1S(=O)(=O)N1CCN(C(=O)c2ccn(C)c2)CC1. The zero-order valence-corrected chi connectivity index (χ0v) is 14.8. The average Bonchev–Trinajstić information content (AvgIpc) is 3.12. The Hall–Kier alpha value is -2.13. The van der Waals surface area contributed by atoms with E-state index in [4.69, 9.17) is 0 Å². The molecule has 9 heteroatoms. The number of H-pyrrole nitrogens is 1. The molecule has 3 heterocycles. The molecule has 24 heavy (non-hydrogen) atoms.